The Balaban J connectivity index is 2.09. The molecule has 3 rings (SSSR count). The predicted molar refractivity (Wildman–Crippen MR) is 98.9 cm³/mol. The van der Waals surface area contributed by atoms with Crippen molar-refractivity contribution < 1.29 is 17.9 Å². The van der Waals surface area contributed by atoms with Gasteiger partial charge in [-0.1, -0.05) is 17.7 Å². The molecule has 136 valence electrons. The normalized spacial score (nSPS) is 11.3. The number of aryl methyl sites for hydroxylation is 1. The zero-order valence-electron chi connectivity index (χ0n) is 14.6. The van der Waals surface area contributed by atoms with Crippen LogP contribution in [0.2, 0.25) is 0 Å². The molecule has 0 aliphatic carbocycles. The Hall–Kier alpha value is -3.00. The Labute approximate surface area is 152 Å². The number of nitrogens with zero attached hydrogens (tertiary/aromatic N) is 2. The molecule has 0 fully saturated rings. The highest BCUT2D eigenvalue weighted by Gasteiger charge is 2.21. The van der Waals surface area contributed by atoms with Crippen LogP contribution < -0.4 is 15.2 Å². The van der Waals surface area contributed by atoms with Gasteiger partial charge in [0.05, 0.1) is 25.3 Å². The van der Waals surface area contributed by atoms with Crippen LogP contribution in [-0.2, 0) is 10.0 Å². The number of benzene rings is 2. The molecule has 0 spiro atoms. The van der Waals surface area contributed by atoms with Crippen molar-refractivity contribution in [1.82, 2.24) is 9.19 Å². The molecule has 0 aliphatic heterocycles. The van der Waals surface area contributed by atoms with Crippen LogP contribution in [0.1, 0.15) is 5.56 Å². The van der Waals surface area contributed by atoms with E-state index >= 15 is 0 Å². The van der Waals surface area contributed by atoms with E-state index in [1.807, 2.05) is 6.92 Å². The van der Waals surface area contributed by atoms with Gasteiger partial charge in [0.2, 0.25) is 0 Å². The van der Waals surface area contributed by atoms with E-state index < -0.39 is 10.0 Å². The van der Waals surface area contributed by atoms with Crippen molar-refractivity contribution in [2.75, 3.05) is 20.0 Å². The van der Waals surface area contributed by atoms with Crippen molar-refractivity contribution in [3.8, 4) is 22.6 Å². The monoisotopic (exact) mass is 373 g/mol. The van der Waals surface area contributed by atoms with E-state index in [1.54, 1.807) is 30.3 Å². The van der Waals surface area contributed by atoms with Gasteiger partial charge in [-0.25, -0.2) is 0 Å². The quantitative estimate of drug-likeness (QED) is 0.739. The maximum atomic E-state index is 12.8. The first-order valence-corrected chi connectivity index (χ1v) is 9.20. The molecule has 1 aromatic heterocycles. The first kappa shape index (κ1) is 17.8. The van der Waals surface area contributed by atoms with Crippen molar-refractivity contribution in [2.24, 2.45) is 0 Å². The van der Waals surface area contributed by atoms with Gasteiger partial charge in [0.15, 0.2) is 5.82 Å². The minimum Gasteiger partial charge on any atom is -0.497 e. The summed E-state index contributed by atoms with van der Waals surface area (Å²) < 4.78 is 36.9. The summed E-state index contributed by atoms with van der Waals surface area (Å²) >= 11 is 0. The fraction of sp³-hybridized carbons (Fsp3) is 0.167. The molecule has 0 radical (unpaired) electrons. The highest BCUT2D eigenvalue weighted by molar-refractivity contribution is 7.89. The van der Waals surface area contributed by atoms with Crippen LogP contribution in [0.25, 0.3) is 11.1 Å². The third-order valence-corrected chi connectivity index (χ3v) is 5.50. The summed E-state index contributed by atoms with van der Waals surface area (Å²) in [5.74, 6) is 1.22. The molecule has 2 aromatic carbocycles. The van der Waals surface area contributed by atoms with Crippen LogP contribution in [0.3, 0.4) is 0 Å². The average Bonchev–Trinajstić information content (AvgIpc) is 3.04. The van der Waals surface area contributed by atoms with Crippen molar-refractivity contribution in [1.29, 1.82) is 0 Å². The Bertz CT molecular complexity index is 1020. The van der Waals surface area contributed by atoms with E-state index in [9.17, 15) is 8.42 Å². The van der Waals surface area contributed by atoms with Crippen molar-refractivity contribution in [2.45, 2.75) is 11.8 Å². The highest BCUT2D eigenvalue weighted by atomic mass is 32.2. The van der Waals surface area contributed by atoms with Gasteiger partial charge in [-0.05, 0) is 36.8 Å². The molecular formula is C18H19N3O4S. The molecule has 2 N–H and O–H groups in total. The number of methoxy groups -OCH3 is 2. The molecular weight excluding hydrogens is 354 g/mol. The van der Waals surface area contributed by atoms with Gasteiger partial charge in [-0.2, -0.15) is 12.5 Å². The van der Waals surface area contributed by atoms with Gasteiger partial charge in [-0.15, -0.1) is 5.10 Å². The Morgan fingerprint density at radius 1 is 1.00 bits per heavy atom. The molecule has 0 aliphatic rings. The van der Waals surface area contributed by atoms with Crippen LogP contribution in [-0.4, -0.2) is 31.8 Å². The van der Waals surface area contributed by atoms with Crippen LogP contribution in [0.5, 0.6) is 11.5 Å². The van der Waals surface area contributed by atoms with Crippen molar-refractivity contribution in [3.05, 3.63) is 54.2 Å². The standard InChI is InChI=1S/C18H19N3O4S/c1-12-4-6-16(7-5-12)26(22,23)21-11-17(18(19)20-21)13-8-14(24-2)10-15(9-13)25-3/h4-11H,1-3H3,(H2,19,20). The first-order valence-electron chi connectivity index (χ1n) is 7.76. The number of anilines is 1. The van der Waals surface area contributed by atoms with Gasteiger partial charge >= 0.3 is 0 Å². The largest absolute Gasteiger partial charge is 0.497 e. The predicted octanol–water partition coefficient (Wildman–Crippen LogP) is 2.69. The summed E-state index contributed by atoms with van der Waals surface area (Å²) in [6.07, 6.45) is 1.39. The summed E-state index contributed by atoms with van der Waals surface area (Å²) in [6, 6.07) is 11.7. The minimum absolute atomic E-state index is 0.0935. The number of nitrogens with two attached hydrogens (primary N) is 1. The lowest BCUT2D eigenvalue weighted by Crippen LogP contribution is -2.13. The van der Waals surface area contributed by atoms with Gasteiger partial charge in [0.1, 0.15) is 11.5 Å². The van der Waals surface area contributed by atoms with Crippen molar-refractivity contribution in [3.63, 3.8) is 0 Å². The zero-order chi connectivity index (χ0) is 18.9. The Morgan fingerprint density at radius 2 is 1.58 bits per heavy atom. The van der Waals surface area contributed by atoms with E-state index in [-0.39, 0.29) is 10.7 Å². The Kier molecular flexibility index (Phi) is 4.60. The molecule has 0 amide bonds. The lowest BCUT2D eigenvalue weighted by molar-refractivity contribution is 0.394. The van der Waals surface area contributed by atoms with E-state index in [0.717, 1.165) is 9.65 Å². The van der Waals surface area contributed by atoms with E-state index in [1.165, 1.54) is 32.5 Å². The lowest BCUT2D eigenvalue weighted by atomic mass is 10.1. The van der Waals surface area contributed by atoms with E-state index in [2.05, 4.69) is 5.10 Å². The van der Waals surface area contributed by atoms with Gasteiger partial charge in [0.25, 0.3) is 10.0 Å². The van der Waals surface area contributed by atoms with Gasteiger partial charge in [0, 0.05) is 11.6 Å². The maximum absolute atomic E-state index is 12.8. The highest BCUT2D eigenvalue weighted by Crippen LogP contribution is 2.33. The Morgan fingerprint density at radius 3 is 2.12 bits per heavy atom. The summed E-state index contributed by atoms with van der Waals surface area (Å²) in [5, 5.41) is 3.99. The third kappa shape index (κ3) is 3.23. The second kappa shape index (κ2) is 6.72. The summed E-state index contributed by atoms with van der Waals surface area (Å²) in [5.41, 5.74) is 8.06. The third-order valence-electron chi connectivity index (χ3n) is 3.95. The van der Waals surface area contributed by atoms with Crippen LogP contribution in [0, 0.1) is 6.92 Å². The summed E-state index contributed by atoms with van der Waals surface area (Å²) in [7, 11) is -0.764. The van der Waals surface area contributed by atoms with Crippen LogP contribution >= 0.6 is 0 Å². The number of rotatable bonds is 5. The number of ether oxygens (including phenoxy) is 2. The topological polar surface area (TPSA) is 96.4 Å². The number of aromatic nitrogens is 2. The van der Waals surface area contributed by atoms with Gasteiger partial charge < -0.3 is 15.2 Å². The molecule has 0 saturated heterocycles. The van der Waals surface area contributed by atoms with E-state index in [4.69, 9.17) is 15.2 Å². The second-order valence-electron chi connectivity index (χ2n) is 5.72. The fourth-order valence-corrected chi connectivity index (χ4v) is 3.63. The van der Waals surface area contributed by atoms with E-state index in [0.29, 0.717) is 22.6 Å². The van der Waals surface area contributed by atoms with Gasteiger partial charge in [-0.3, -0.25) is 0 Å². The number of hydrogen-bond donors (Lipinski definition) is 1. The molecule has 0 saturated carbocycles. The number of hydrogen-bond acceptors (Lipinski definition) is 6. The molecule has 7 nitrogen and oxygen atoms in total. The lowest BCUT2D eigenvalue weighted by Gasteiger charge is -2.07. The maximum Gasteiger partial charge on any atom is 0.283 e. The van der Waals surface area contributed by atoms with Crippen LogP contribution in [0.15, 0.2) is 53.6 Å². The summed E-state index contributed by atoms with van der Waals surface area (Å²) in [6.45, 7) is 1.89. The molecule has 1 heterocycles. The molecule has 8 heteroatoms. The van der Waals surface area contributed by atoms with Crippen LogP contribution in [0.4, 0.5) is 5.82 Å². The smallest absolute Gasteiger partial charge is 0.283 e. The molecule has 3 aromatic rings. The fourth-order valence-electron chi connectivity index (χ4n) is 2.49. The SMILES string of the molecule is COc1cc(OC)cc(-c2cn(S(=O)(=O)c3ccc(C)cc3)nc2N)c1. The molecule has 0 atom stereocenters. The average molecular weight is 373 g/mol. The number of nitrogen functional groups attached to an aromatic ring is 1. The second-order valence-corrected chi connectivity index (χ2v) is 7.52. The van der Waals surface area contributed by atoms with Crippen molar-refractivity contribution >= 4 is 15.8 Å². The molecule has 0 bridgehead atoms. The minimum atomic E-state index is -3.83. The zero-order valence-corrected chi connectivity index (χ0v) is 15.4. The molecule has 26 heavy (non-hydrogen) atoms. The first-order chi connectivity index (χ1) is 12.3. The molecule has 0 unspecified atom stereocenters. The summed E-state index contributed by atoms with van der Waals surface area (Å²) in [4.78, 5) is 0.139.